The summed E-state index contributed by atoms with van der Waals surface area (Å²) >= 11 is 0. The van der Waals surface area contributed by atoms with Gasteiger partial charge in [-0.3, -0.25) is 9.59 Å². The Bertz CT molecular complexity index is 825. The van der Waals surface area contributed by atoms with E-state index in [0.717, 1.165) is 24.2 Å². The number of hydrogen-bond acceptors (Lipinski definition) is 4. The minimum absolute atomic E-state index is 0.272. The summed E-state index contributed by atoms with van der Waals surface area (Å²) in [6.45, 7) is 0. The highest BCUT2D eigenvalue weighted by Gasteiger charge is 2.20. The van der Waals surface area contributed by atoms with Crippen molar-refractivity contribution in [2.24, 2.45) is 0 Å². The molecule has 0 radical (unpaired) electrons. The first-order chi connectivity index (χ1) is 12.7. The Kier molecular flexibility index (Phi) is 5.69. The van der Waals surface area contributed by atoms with Gasteiger partial charge < -0.3 is 14.8 Å². The molecule has 5 nitrogen and oxygen atoms in total. The summed E-state index contributed by atoms with van der Waals surface area (Å²) in [4.78, 5) is 23.1. The molecule has 0 heterocycles. The van der Waals surface area contributed by atoms with Crippen molar-refractivity contribution < 1.29 is 19.1 Å². The second-order valence-corrected chi connectivity index (χ2v) is 6.11. The maximum absolute atomic E-state index is 12.1. The number of para-hydroxylation sites is 1. The predicted octanol–water partition coefficient (Wildman–Crippen LogP) is 4.09. The molecule has 0 spiro atoms. The fourth-order valence-electron chi connectivity index (χ4n) is 2.61. The van der Waals surface area contributed by atoms with Crippen molar-refractivity contribution in [1.82, 2.24) is 0 Å². The van der Waals surface area contributed by atoms with Crippen LogP contribution < -0.4 is 14.8 Å². The molecule has 0 saturated heterocycles. The van der Waals surface area contributed by atoms with Gasteiger partial charge >= 0.3 is 0 Å². The molecule has 0 aromatic heterocycles. The number of hydrogen-bond donors (Lipinski definition) is 1. The summed E-state index contributed by atoms with van der Waals surface area (Å²) in [6, 6.07) is 12.4. The number of anilines is 1. The van der Waals surface area contributed by atoms with E-state index < -0.39 is 0 Å². The van der Waals surface area contributed by atoms with Crippen LogP contribution in [0, 0.1) is 0 Å². The van der Waals surface area contributed by atoms with Crippen LogP contribution in [0.4, 0.5) is 5.69 Å². The zero-order valence-corrected chi connectivity index (χ0v) is 14.6. The third-order valence-corrected chi connectivity index (χ3v) is 4.31. The van der Waals surface area contributed by atoms with Gasteiger partial charge in [0.15, 0.2) is 17.8 Å². The lowest BCUT2D eigenvalue weighted by Gasteiger charge is -2.27. The van der Waals surface area contributed by atoms with E-state index in [-0.39, 0.29) is 12.0 Å². The van der Waals surface area contributed by atoms with Crippen LogP contribution in [0.15, 0.2) is 48.5 Å². The number of carbonyl (C=O) groups is 2. The monoisotopic (exact) mass is 351 g/mol. The fourth-order valence-corrected chi connectivity index (χ4v) is 2.61. The smallest absolute Gasteiger partial charge is 0.248 e. The first-order valence-electron chi connectivity index (χ1n) is 8.57. The van der Waals surface area contributed by atoms with Crippen molar-refractivity contribution in [3.63, 3.8) is 0 Å². The lowest BCUT2D eigenvalue weighted by Crippen LogP contribution is -2.24. The number of ether oxygens (including phenoxy) is 2. The lowest BCUT2D eigenvalue weighted by molar-refractivity contribution is -0.111. The highest BCUT2D eigenvalue weighted by Crippen LogP contribution is 2.33. The van der Waals surface area contributed by atoms with Gasteiger partial charge in [-0.1, -0.05) is 18.2 Å². The van der Waals surface area contributed by atoms with Crippen LogP contribution in [0.3, 0.4) is 0 Å². The molecule has 0 atom stereocenters. The number of amides is 1. The molecule has 1 fully saturated rings. The van der Waals surface area contributed by atoms with E-state index in [1.807, 2.05) is 18.2 Å². The first kappa shape index (κ1) is 17.7. The maximum Gasteiger partial charge on any atom is 0.248 e. The van der Waals surface area contributed by atoms with Gasteiger partial charge in [0.1, 0.15) is 0 Å². The number of rotatable bonds is 7. The standard InChI is InChI=1S/C21H21NO4/c1-25-20-13-15(9-11-19(20)26-17-6-4-7-17)10-12-21(24)22-18-8-3-2-5-16(18)14-23/h2-3,5,8-14,17H,4,6-7H2,1H3,(H,22,24)/b12-10+. The topological polar surface area (TPSA) is 64.6 Å². The highest BCUT2D eigenvalue weighted by atomic mass is 16.5. The normalized spacial score (nSPS) is 13.9. The van der Waals surface area contributed by atoms with Crippen molar-refractivity contribution in [3.8, 4) is 11.5 Å². The Morgan fingerprint density at radius 3 is 2.65 bits per heavy atom. The van der Waals surface area contributed by atoms with E-state index in [1.54, 1.807) is 37.5 Å². The van der Waals surface area contributed by atoms with Gasteiger partial charge in [0, 0.05) is 11.6 Å². The summed E-state index contributed by atoms with van der Waals surface area (Å²) in [5, 5.41) is 2.70. The number of benzene rings is 2. The molecule has 1 N–H and O–H groups in total. The zero-order chi connectivity index (χ0) is 18.4. The van der Waals surface area contributed by atoms with Gasteiger partial charge in [0.05, 0.1) is 18.9 Å². The van der Waals surface area contributed by atoms with Gasteiger partial charge in [0.25, 0.3) is 0 Å². The van der Waals surface area contributed by atoms with Crippen LogP contribution in [0.1, 0.15) is 35.2 Å². The van der Waals surface area contributed by atoms with E-state index in [9.17, 15) is 9.59 Å². The molecule has 0 aliphatic heterocycles. The lowest BCUT2D eigenvalue weighted by atomic mass is 9.96. The Morgan fingerprint density at radius 2 is 1.96 bits per heavy atom. The maximum atomic E-state index is 12.1. The van der Waals surface area contributed by atoms with Crippen molar-refractivity contribution in [2.45, 2.75) is 25.4 Å². The van der Waals surface area contributed by atoms with Crippen LogP contribution in [-0.4, -0.2) is 25.4 Å². The Morgan fingerprint density at radius 1 is 1.15 bits per heavy atom. The van der Waals surface area contributed by atoms with Gasteiger partial charge in [0.2, 0.25) is 5.91 Å². The minimum atomic E-state index is -0.312. The number of methoxy groups -OCH3 is 1. The summed E-state index contributed by atoms with van der Waals surface area (Å²) < 4.78 is 11.3. The van der Waals surface area contributed by atoms with Gasteiger partial charge in [-0.15, -0.1) is 0 Å². The molecule has 2 aromatic carbocycles. The largest absolute Gasteiger partial charge is 0.493 e. The van der Waals surface area contributed by atoms with E-state index in [1.165, 1.54) is 12.5 Å². The van der Waals surface area contributed by atoms with Crippen LogP contribution in [0.2, 0.25) is 0 Å². The van der Waals surface area contributed by atoms with Gasteiger partial charge in [-0.05, 0) is 55.2 Å². The molecule has 1 aliphatic carbocycles. The zero-order valence-electron chi connectivity index (χ0n) is 14.6. The quantitative estimate of drug-likeness (QED) is 0.603. The molecule has 26 heavy (non-hydrogen) atoms. The van der Waals surface area contributed by atoms with E-state index in [2.05, 4.69) is 5.32 Å². The number of carbonyl (C=O) groups excluding carboxylic acids is 2. The second kappa shape index (κ2) is 8.34. The average Bonchev–Trinajstić information content (AvgIpc) is 2.63. The van der Waals surface area contributed by atoms with Gasteiger partial charge in [-0.25, -0.2) is 0 Å². The van der Waals surface area contributed by atoms with Crippen LogP contribution in [-0.2, 0) is 4.79 Å². The summed E-state index contributed by atoms with van der Waals surface area (Å²) in [6.07, 6.45) is 7.45. The molecule has 5 heteroatoms. The predicted molar refractivity (Wildman–Crippen MR) is 101 cm³/mol. The van der Waals surface area contributed by atoms with Crippen molar-refractivity contribution in [1.29, 1.82) is 0 Å². The van der Waals surface area contributed by atoms with Crippen molar-refractivity contribution in [3.05, 3.63) is 59.7 Å². The molecule has 0 bridgehead atoms. The molecule has 2 aromatic rings. The van der Waals surface area contributed by atoms with Crippen LogP contribution in [0.25, 0.3) is 6.08 Å². The number of aldehydes is 1. The SMILES string of the molecule is COc1cc(/C=C/C(=O)Nc2ccccc2C=O)ccc1OC1CCC1. The Hall–Kier alpha value is -3.08. The fraction of sp³-hybridized carbons (Fsp3) is 0.238. The van der Waals surface area contributed by atoms with Crippen LogP contribution >= 0.6 is 0 Å². The molecular weight excluding hydrogens is 330 g/mol. The van der Waals surface area contributed by atoms with Crippen molar-refractivity contribution in [2.75, 3.05) is 12.4 Å². The Balaban J connectivity index is 1.67. The molecular formula is C21H21NO4. The van der Waals surface area contributed by atoms with E-state index >= 15 is 0 Å². The molecule has 0 unspecified atom stereocenters. The molecule has 1 saturated carbocycles. The summed E-state index contributed by atoms with van der Waals surface area (Å²) in [5.41, 5.74) is 1.74. The summed E-state index contributed by atoms with van der Waals surface area (Å²) in [7, 11) is 1.60. The second-order valence-electron chi connectivity index (χ2n) is 6.11. The molecule has 1 amide bonds. The third-order valence-electron chi connectivity index (χ3n) is 4.31. The third kappa shape index (κ3) is 4.30. The molecule has 134 valence electrons. The van der Waals surface area contributed by atoms with Gasteiger partial charge in [-0.2, -0.15) is 0 Å². The summed E-state index contributed by atoms with van der Waals surface area (Å²) in [5.74, 6) is 1.05. The van der Waals surface area contributed by atoms with E-state index in [0.29, 0.717) is 23.3 Å². The number of nitrogens with one attached hydrogen (secondary N) is 1. The Labute approximate surface area is 152 Å². The molecule has 3 rings (SSSR count). The molecule has 1 aliphatic rings. The average molecular weight is 351 g/mol. The highest BCUT2D eigenvalue weighted by molar-refractivity contribution is 6.04. The minimum Gasteiger partial charge on any atom is -0.493 e. The van der Waals surface area contributed by atoms with Crippen LogP contribution in [0.5, 0.6) is 11.5 Å². The van der Waals surface area contributed by atoms with E-state index in [4.69, 9.17) is 9.47 Å². The van der Waals surface area contributed by atoms with Crippen molar-refractivity contribution >= 4 is 24.0 Å². The first-order valence-corrected chi connectivity index (χ1v) is 8.57.